The minimum absolute atomic E-state index is 0.0999. The van der Waals surface area contributed by atoms with E-state index >= 15 is 0 Å². The molecule has 2 nitrogen and oxygen atoms in total. The molecule has 0 unspecified atom stereocenters. The molecule has 1 fully saturated rings. The molecule has 0 aliphatic heterocycles. The highest BCUT2D eigenvalue weighted by atomic mass is 79.9. The van der Waals surface area contributed by atoms with Gasteiger partial charge >= 0.3 is 6.61 Å². The molecular formula is C15H20BrF2NO. The number of hydrogen-bond donors (Lipinski definition) is 1. The molecular weight excluding hydrogens is 328 g/mol. The summed E-state index contributed by atoms with van der Waals surface area (Å²) in [5.74, 6) is 0.245. The summed E-state index contributed by atoms with van der Waals surface area (Å²) in [5, 5.41) is 3.51. The number of hydrogen-bond acceptors (Lipinski definition) is 2. The molecule has 0 radical (unpaired) electrons. The number of nitrogens with one attached hydrogen (secondary N) is 1. The smallest absolute Gasteiger partial charge is 0.387 e. The third kappa shape index (κ3) is 4.42. The van der Waals surface area contributed by atoms with Crippen LogP contribution in [0, 0.1) is 0 Å². The summed E-state index contributed by atoms with van der Waals surface area (Å²) in [5.41, 5.74) is 0.856. The van der Waals surface area contributed by atoms with Gasteiger partial charge in [-0.05, 0) is 38.0 Å². The van der Waals surface area contributed by atoms with E-state index in [4.69, 9.17) is 0 Å². The highest BCUT2D eigenvalue weighted by molar-refractivity contribution is 9.10. The van der Waals surface area contributed by atoms with E-state index < -0.39 is 6.61 Å². The van der Waals surface area contributed by atoms with Crippen LogP contribution in [0.2, 0.25) is 0 Å². The molecule has 0 bridgehead atoms. The number of benzene rings is 1. The molecule has 0 heterocycles. The van der Waals surface area contributed by atoms with Gasteiger partial charge in [0.25, 0.3) is 0 Å². The molecule has 0 saturated heterocycles. The summed E-state index contributed by atoms with van der Waals surface area (Å²) in [4.78, 5) is 0. The van der Waals surface area contributed by atoms with Gasteiger partial charge in [0.05, 0.1) is 0 Å². The standard InChI is InChI=1S/C15H20BrF2NO/c1-15(7-3-2-4-8-15)19-10-11-9-12(16)5-6-13(11)20-14(17)18/h5-6,9,14,19H,2-4,7-8,10H2,1H3. The van der Waals surface area contributed by atoms with Crippen LogP contribution < -0.4 is 10.1 Å². The lowest BCUT2D eigenvalue weighted by atomic mass is 9.83. The molecule has 1 aliphatic rings. The first-order valence-electron chi connectivity index (χ1n) is 6.97. The van der Waals surface area contributed by atoms with E-state index in [9.17, 15) is 8.78 Å². The van der Waals surface area contributed by atoms with Crippen molar-refractivity contribution in [1.29, 1.82) is 0 Å². The van der Waals surface area contributed by atoms with Crippen molar-refractivity contribution in [3.05, 3.63) is 28.2 Å². The second kappa shape index (κ2) is 6.85. The van der Waals surface area contributed by atoms with Gasteiger partial charge in [-0.25, -0.2) is 0 Å². The first-order chi connectivity index (χ1) is 9.48. The fraction of sp³-hybridized carbons (Fsp3) is 0.600. The normalized spacial score (nSPS) is 18.2. The molecule has 0 aromatic heterocycles. The molecule has 5 heteroatoms. The van der Waals surface area contributed by atoms with Crippen LogP contribution in [0.15, 0.2) is 22.7 Å². The van der Waals surface area contributed by atoms with Crippen molar-refractivity contribution in [3.63, 3.8) is 0 Å². The Morgan fingerprint density at radius 3 is 2.65 bits per heavy atom. The van der Waals surface area contributed by atoms with Gasteiger partial charge in [0.1, 0.15) is 5.75 Å². The van der Waals surface area contributed by atoms with E-state index in [2.05, 4.69) is 32.9 Å². The third-order valence-corrected chi connectivity index (χ3v) is 4.39. The highest BCUT2D eigenvalue weighted by Crippen LogP contribution is 2.30. The second-order valence-electron chi connectivity index (χ2n) is 5.61. The Kier molecular flexibility index (Phi) is 5.38. The fourth-order valence-electron chi connectivity index (χ4n) is 2.71. The van der Waals surface area contributed by atoms with Crippen molar-refractivity contribution < 1.29 is 13.5 Å². The summed E-state index contributed by atoms with van der Waals surface area (Å²) in [6, 6.07) is 5.12. The Hall–Kier alpha value is -0.680. The van der Waals surface area contributed by atoms with E-state index in [1.54, 1.807) is 12.1 Å². The molecule has 2 rings (SSSR count). The number of halogens is 3. The maximum absolute atomic E-state index is 12.4. The molecule has 20 heavy (non-hydrogen) atoms. The van der Waals surface area contributed by atoms with Gasteiger partial charge in [-0.15, -0.1) is 0 Å². The van der Waals surface area contributed by atoms with Gasteiger partial charge in [0.15, 0.2) is 0 Å². The van der Waals surface area contributed by atoms with Crippen LogP contribution in [0.1, 0.15) is 44.6 Å². The molecule has 1 aliphatic carbocycles. The van der Waals surface area contributed by atoms with Gasteiger partial charge in [-0.3, -0.25) is 0 Å². The zero-order valence-electron chi connectivity index (χ0n) is 11.6. The summed E-state index contributed by atoms with van der Waals surface area (Å²) in [7, 11) is 0. The molecule has 0 spiro atoms. The van der Waals surface area contributed by atoms with Crippen LogP contribution in [0.25, 0.3) is 0 Å². The molecule has 112 valence electrons. The van der Waals surface area contributed by atoms with Gasteiger partial charge in [0, 0.05) is 22.1 Å². The lowest BCUT2D eigenvalue weighted by Gasteiger charge is -2.35. The van der Waals surface area contributed by atoms with Gasteiger partial charge in [0.2, 0.25) is 0 Å². The Morgan fingerprint density at radius 1 is 1.30 bits per heavy atom. The maximum atomic E-state index is 12.4. The average Bonchev–Trinajstić information content (AvgIpc) is 2.39. The van der Waals surface area contributed by atoms with Gasteiger partial charge in [-0.2, -0.15) is 8.78 Å². The monoisotopic (exact) mass is 347 g/mol. The summed E-state index contributed by atoms with van der Waals surface area (Å²) in [6.45, 7) is -0.0457. The maximum Gasteiger partial charge on any atom is 0.387 e. The van der Waals surface area contributed by atoms with Crippen LogP contribution in [-0.2, 0) is 6.54 Å². The minimum Gasteiger partial charge on any atom is -0.434 e. The number of ether oxygens (including phenoxy) is 1. The predicted molar refractivity (Wildman–Crippen MR) is 79.1 cm³/mol. The third-order valence-electron chi connectivity index (χ3n) is 3.90. The zero-order valence-corrected chi connectivity index (χ0v) is 13.2. The van der Waals surface area contributed by atoms with Crippen molar-refractivity contribution in [2.75, 3.05) is 0 Å². The van der Waals surface area contributed by atoms with E-state index in [1.165, 1.54) is 19.3 Å². The van der Waals surface area contributed by atoms with Crippen LogP contribution in [0.5, 0.6) is 5.75 Å². The summed E-state index contributed by atoms with van der Waals surface area (Å²) >= 11 is 3.37. The fourth-order valence-corrected chi connectivity index (χ4v) is 3.12. The van der Waals surface area contributed by atoms with E-state index in [0.29, 0.717) is 6.54 Å². The van der Waals surface area contributed by atoms with E-state index in [-0.39, 0.29) is 11.3 Å². The Labute approximate surface area is 127 Å². The number of alkyl halides is 2. The molecule has 1 aromatic rings. The van der Waals surface area contributed by atoms with Crippen molar-refractivity contribution >= 4 is 15.9 Å². The van der Waals surface area contributed by atoms with E-state index in [1.807, 2.05) is 6.07 Å². The topological polar surface area (TPSA) is 21.3 Å². The van der Waals surface area contributed by atoms with Crippen molar-refractivity contribution in [2.45, 2.75) is 57.7 Å². The number of rotatable bonds is 5. The average molecular weight is 348 g/mol. The largest absolute Gasteiger partial charge is 0.434 e. The molecule has 1 N–H and O–H groups in total. The molecule has 0 atom stereocenters. The SMILES string of the molecule is CC1(NCc2cc(Br)ccc2OC(F)F)CCCCC1. The first-order valence-corrected chi connectivity index (χ1v) is 7.76. The Morgan fingerprint density at radius 2 is 2.00 bits per heavy atom. The van der Waals surface area contributed by atoms with E-state index in [0.717, 1.165) is 22.9 Å². The highest BCUT2D eigenvalue weighted by Gasteiger charge is 2.26. The van der Waals surface area contributed by atoms with Crippen LogP contribution >= 0.6 is 15.9 Å². The summed E-state index contributed by atoms with van der Waals surface area (Å²) < 4.78 is 30.3. The predicted octanol–water partition coefficient (Wildman–Crippen LogP) is 4.86. The Balaban J connectivity index is 2.05. The molecule has 1 saturated carbocycles. The zero-order chi connectivity index (χ0) is 14.6. The molecule has 1 aromatic carbocycles. The quantitative estimate of drug-likeness (QED) is 0.820. The lowest BCUT2D eigenvalue weighted by molar-refractivity contribution is -0.0505. The lowest BCUT2D eigenvalue weighted by Crippen LogP contribution is -2.43. The van der Waals surface area contributed by atoms with Gasteiger partial charge < -0.3 is 10.1 Å². The second-order valence-corrected chi connectivity index (χ2v) is 6.52. The van der Waals surface area contributed by atoms with Crippen LogP contribution in [0.3, 0.4) is 0 Å². The van der Waals surface area contributed by atoms with Crippen LogP contribution in [0.4, 0.5) is 8.78 Å². The van der Waals surface area contributed by atoms with Crippen molar-refractivity contribution in [3.8, 4) is 5.75 Å². The van der Waals surface area contributed by atoms with Crippen molar-refractivity contribution in [2.24, 2.45) is 0 Å². The van der Waals surface area contributed by atoms with Crippen molar-refractivity contribution in [1.82, 2.24) is 5.32 Å². The van der Waals surface area contributed by atoms with Crippen LogP contribution in [-0.4, -0.2) is 12.2 Å². The summed E-state index contributed by atoms with van der Waals surface area (Å²) in [6.07, 6.45) is 6.00. The molecule has 0 amide bonds. The van der Waals surface area contributed by atoms with Gasteiger partial charge in [-0.1, -0.05) is 35.2 Å². The minimum atomic E-state index is -2.79. The first kappa shape index (κ1) is 15.7. The Bertz CT molecular complexity index is 447.